The van der Waals surface area contributed by atoms with E-state index in [9.17, 15) is 8.78 Å². The molecular formula is C15H12F2S. The Kier molecular flexibility index (Phi) is 4.53. The van der Waals surface area contributed by atoms with Gasteiger partial charge in [0.15, 0.2) is 0 Å². The van der Waals surface area contributed by atoms with Gasteiger partial charge in [0.25, 0.3) is 0 Å². The minimum Gasteiger partial charge on any atom is -0.207 e. The van der Waals surface area contributed by atoms with Crippen LogP contribution >= 0.6 is 11.8 Å². The summed E-state index contributed by atoms with van der Waals surface area (Å²) in [5.74, 6) is 0.342. The molecule has 0 N–H and O–H groups in total. The van der Waals surface area contributed by atoms with Crippen LogP contribution < -0.4 is 0 Å². The summed E-state index contributed by atoms with van der Waals surface area (Å²) < 4.78 is 25.3. The highest BCUT2D eigenvalue weighted by atomic mass is 32.2. The van der Waals surface area contributed by atoms with Gasteiger partial charge in [-0.1, -0.05) is 24.3 Å². The fourth-order valence-electron chi connectivity index (χ4n) is 1.43. The van der Waals surface area contributed by atoms with Crippen molar-refractivity contribution in [1.29, 1.82) is 0 Å². The summed E-state index contributed by atoms with van der Waals surface area (Å²) in [5, 5.41) is 1.95. The van der Waals surface area contributed by atoms with Crippen molar-refractivity contribution >= 4 is 17.8 Å². The Balaban J connectivity index is 1.84. The fraction of sp³-hybridized carbons (Fsp3) is 0.0667. The molecule has 0 saturated heterocycles. The normalized spacial score (nSPS) is 11.0. The molecule has 0 bridgehead atoms. The fourth-order valence-corrected chi connectivity index (χ4v) is 2.16. The summed E-state index contributed by atoms with van der Waals surface area (Å²) in [6, 6.07) is 12.8. The van der Waals surface area contributed by atoms with Crippen LogP contribution in [-0.4, -0.2) is 0 Å². The van der Waals surface area contributed by atoms with Crippen LogP contribution in [0, 0.1) is 11.6 Å². The van der Waals surface area contributed by atoms with Gasteiger partial charge in [-0.3, -0.25) is 0 Å². The first-order valence-electron chi connectivity index (χ1n) is 5.52. The van der Waals surface area contributed by atoms with Crippen LogP contribution in [-0.2, 0) is 5.75 Å². The maximum atomic E-state index is 12.7. The maximum Gasteiger partial charge on any atom is 0.123 e. The molecule has 3 heteroatoms. The number of hydrogen-bond donors (Lipinski definition) is 0. The lowest BCUT2D eigenvalue weighted by Crippen LogP contribution is -1.79. The summed E-state index contributed by atoms with van der Waals surface area (Å²) in [5.41, 5.74) is 2.04. The summed E-state index contributed by atoms with van der Waals surface area (Å²) in [6.07, 6.45) is 1.92. The molecule has 18 heavy (non-hydrogen) atoms. The zero-order valence-electron chi connectivity index (χ0n) is 9.64. The van der Waals surface area contributed by atoms with Gasteiger partial charge < -0.3 is 0 Å². The van der Waals surface area contributed by atoms with E-state index in [1.54, 1.807) is 36.0 Å². The van der Waals surface area contributed by atoms with Gasteiger partial charge in [0.2, 0.25) is 0 Å². The van der Waals surface area contributed by atoms with Gasteiger partial charge in [0.05, 0.1) is 0 Å². The van der Waals surface area contributed by atoms with E-state index < -0.39 is 0 Å². The standard InChI is InChI=1S/C15H12F2S/c16-14-5-1-12(2-6-14)9-10-18-11-13-3-7-15(17)8-4-13/h1-10H,11H2. The van der Waals surface area contributed by atoms with Crippen LogP contribution in [0.15, 0.2) is 53.9 Å². The molecule has 0 aliphatic carbocycles. The van der Waals surface area contributed by atoms with E-state index in [2.05, 4.69) is 0 Å². The summed E-state index contributed by atoms with van der Waals surface area (Å²) in [7, 11) is 0. The molecule has 0 aromatic heterocycles. The van der Waals surface area contributed by atoms with Gasteiger partial charge in [0, 0.05) is 5.75 Å². The predicted octanol–water partition coefficient (Wildman–Crippen LogP) is 4.87. The van der Waals surface area contributed by atoms with E-state index in [4.69, 9.17) is 0 Å². The van der Waals surface area contributed by atoms with Gasteiger partial charge >= 0.3 is 0 Å². The smallest absolute Gasteiger partial charge is 0.123 e. The largest absolute Gasteiger partial charge is 0.207 e. The zero-order valence-corrected chi connectivity index (χ0v) is 10.5. The van der Waals surface area contributed by atoms with Crippen molar-refractivity contribution in [3.05, 3.63) is 76.7 Å². The third kappa shape index (κ3) is 4.00. The topological polar surface area (TPSA) is 0 Å². The van der Waals surface area contributed by atoms with Crippen molar-refractivity contribution in [3.63, 3.8) is 0 Å². The number of halogens is 2. The molecule has 2 aromatic rings. The first kappa shape index (κ1) is 12.8. The van der Waals surface area contributed by atoms with E-state index in [1.165, 1.54) is 24.3 Å². The second-order valence-electron chi connectivity index (χ2n) is 3.79. The monoisotopic (exact) mass is 262 g/mol. The van der Waals surface area contributed by atoms with Crippen molar-refractivity contribution in [2.75, 3.05) is 0 Å². The highest BCUT2D eigenvalue weighted by Gasteiger charge is 1.93. The number of thioether (sulfide) groups is 1. The molecule has 0 radical (unpaired) electrons. The Morgan fingerprint density at radius 2 is 1.39 bits per heavy atom. The van der Waals surface area contributed by atoms with E-state index in [0.717, 1.165) is 16.9 Å². The lowest BCUT2D eigenvalue weighted by atomic mass is 10.2. The molecule has 92 valence electrons. The predicted molar refractivity (Wildman–Crippen MR) is 73.1 cm³/mol. The maximum absolute atomic E-state index is 12.7. The average molecular weight is 262 g/mol. The second kappa shape index (κ2) is 6.36. The van der Waals surface area contributed by atoms with Gasteiger partial charge in [-0.2, -0.15) is 0 Å². The Morgan fingerprint density at radius 3 is 2.00 bits per heavy atom. The third-order valence-electron chi connectivity index (χ3n) is 2.39. The molecule has 0 heterocycles. The van der Waals surface area contributed by atoms with Crippen LogP contribution in [0.1, 0.15) is 11.1 Å². The van der Waals surface area contributed by atoms with Gasteiger partial charge in [-0.25, -0.2) is 8.78 Å². The summed E-state index contributed by atoms with van der Waals surface area (Å²) in [6.45, 7) is 0. The van der Waals surface area contributed by atoms with Crippen molar-refractivity contribution in [2.45, 2.75) is 5.75 Å². The summed E-state index contributed by atoms with van der Waals surface area (Å²) in [4.78, 5) is 0. The molecular weight excluding hydrogens is 250 g/mol. The van der Waals surface area contributed by atoms with E-state index in [1.807, 2.05) is 11.5 Å². The Bertz CT molecular complexity index is 515. The molecule has 0 unspecified atom stereocenters. The molecule has 0 saturated carbocycles. The third-order valence-corrected chi connectivity index (χ3v) is 3.22. The number of hydrogen-bond acceptors (Lipinski definition) is 1. The Labute approximate surface area is 109 Å². The Morgan fingerprint density at radius 1 is 0.833 bits per heavy atom. The lowest BCUT2D eigenvalue weighted by Gasteiger charge is -1.97. The first-order chi connectivity index (χ1) is 8.74. The van der Waals surface area contributed by atoms with Gasteiger partial charge in [-0.15, -0.1) is 11.8 Å². The molecule has 0 aliphatic heterocycles. The van der Waals surface area contributed by atoms with Gasteiger partial charge in [0.1, 0.15) is 11.6 Å². The van der Waals surface area contributed by atoms with Gasteiger partial charge in [-0.05, 0) is 46.9 Å². The minimum atomic E-state index is -0.230. The van der Waals surface area contributed by atoms with Crippen LogP contribution in [0.2, 0.25) is 0 Å². The molecule has 0 atom stereocenters. The summed E-state index contributed by atoms with van der Waals surface area (Å²) >= 11 is 1.61. The average Bonchev–Trinajstić information content (AvgIpc) is 2.39. The minimum absolute atomic E-state index is 0.217. The SMILES string of the molecule is Fc1ccc(C=CSCc2ccc(F)cc2)cc1. The van der Waals surface area contributed by atoms with E-state index in [-0.39, 0.29) is 11.6 Å². The van der Waals surface area contributed by atoms with Crippen molar-refractivity contribution in [1.82, 2.24) is 0 Å². The van der Waals surface area contributed by atoms with Crippen LogP contribution in [0.4, 0.5) is 8.78 Å². The molecule has 0 amide bonds. The molecule has 0 nitrogen and oxygen atoms in total. The quantitative estimate of drug-likeness (QED) is 0.757. The number of rotatable bonds is 4. The van der Waals surface area contributed by atoms with E-state index in [0.29, 0.717) is 0 Å². The highest BCUT2D eigenvalue weighted by Crippen LogP contribution is 2.15. The highest BCUT2D eigenvalue weighted by molar-refractivity contribution is 8.01. The molecule has 2 aromatic carbocycles. The van der Waals surface area contributed by atoms with Crippen molar-refractivity contribution < 1.29 is 8.78 Å². The van der Waals surface area contributed by atoms with Crippen LogP contribution in [0.5, 0.6) is 0 Å². The molecule has 2 rings (SSSR count). The zero-order chi connectivity index (χ0) is 12.8. The van der Waals surface area contributed by atoms with Crippen LogP contribution in [0.3, 0.4) is 0 Å². The molecule has 0 spiro atoms. The first-order valence-corrected chi connectivity index (χ1v) is 6.57. The molecule has 0 aliphatic rings. The van der Waals surface area contributed by atoms with E-state index >= 15 is 0 Å². The lowest BCUT2D eigenvalue weighted by molar-refractivity contribution is 0.627. The second-order valence-corrected chi connectivity index (χ2v) is 4.69. The molecule has 0 fully saturated rings. The van der Waals surface area contributed by atoms with Crippen molar-refractivity contribution in [3.8, 4) is 0 Å². The van der Waals surface area contributed by atoms with Crippen LogP contribution in [0.25, 0.3) is 6.08 Å². The van der Waals surface area contributed by atoms with Crippen molar-refractivity contribution in [2.24, 2.45) is 0 Å². The Hall–Kier alpha value is -1.61. The number of benzene rings is 2.